The van der Waals surface area contributed by atoms with Crippen molar-refractivity contribution in [1.29, 1.82) is 0 Å². The molecule has 3 aromatic heterocycles. The van der Waals surface area contributed by atoms with Crippen molar-refractivity contribution in [2.24, 2.45) is 0 Å². The van der Waals surface area contributed by atoms with Crippen molar-refractivity contribution in [1.82, 2.24) is 19.2 Å². The third-order valence-corrected chi connectivity index (χ3v) is 4.51. The highest BCUT2D eigenvalue weighted by atomic mass is 32.1. The molecule has 0 bridgehead atoms. The van der Waals surface area contributed by atoms with E-state index in [-0.39, 0.29) is 0 Å². The van der Waals surface area contributed by atoms with Gasteiger partial charge in [0.15, 0.2) is 0 Å². The van der Waals surface area contributed by atoms with Gasteiger partial charge in [-0.1, -0.05) is 29.8 Å². The molecule has 0 radical (unpaired) electrons. The molecule has 0 fully saturated rings. The molecule has 5 heteroatoms. The lowest BCUT2D eigenvalue weighted by atomic mass is 10.1. The van der Waals surface area contributed by atoms with E-state index >= 15 is 0 Å². The van der Waals surface area contributed by atoms with E-state index in [0.29, 0.717) is 0 Å². The Labute approximate surface area is 126 Å². The molecule has 4 aromatic rings. The van der Waals surface area contributed by atoms with Gasteiger partial charge in [-0.15, -0.1) is 11.3 Å². The number of hydrogen-bond donors (Lipinski definition) is 0. The second-order valence-corrected chi connectivity index (χ2v) is 6.01. The predicted octanol–water partition coefficient (Wildman–Crippen LogP) is 3.62. The van der Waals surface area contributed by atoms with Crippen LogP contribution in [-0.4, -0.2) is 19.2 Å². The molecule has 0 aliphatic carbocycles. The minimum atomic E-state index is 0.752. The summed E-state index contributed by atoms with van der Waals surface area (Å²) < 4.78 is 4.08. The van der Waals surface area contributed by atoms with E-state index in [1.54, 1.807) is 11.3 Å². The Kier molecular flexibility index (Phi) is 2.86. The molecule has 0 atom stereocenters. The van der Waals surface area contributed by atoms with Gasteiger partial charge in [0.25, 0.3) is 0 Å². The van der Waals surface area contributed by atoms with Crippen LogP contribution in [0, 0.1) is 6.92 Å². The fraction of sp³-hybridized carbons (Fsp3) is 0.125. The van der Waals surface area contributed by atoms with Gasteiger partial charge in [-0.05, 0) is 12.5 Å². The van der Waals surface area contributed by atoms with Crippen molar-refractivity contribution in [3.63, 3.8) is 0 Å². The Morgan fingerprint density at radius 1 is 1.10 bits per heavy atom. The first-order valence-corrected chi connectivity index (χ1v) is 7.65. The van der Waals surface area contributed by atoms with E-state index in [1.165, 1.54) is 16.8 Å². The molecule has 3 heterocycles. The first-order valence-electron chi connectivity index (χ1n) is 6.77. The molecule has 0 N–H and O–H groups in total. The second kappa shape index (κ2) is 4.86. The predicted molar refractivity (Wildman–Crippen MR) is 84.6 cm³/mol. The number of fused-ring (bicyclic) bond motifs is 1. The lowest BCUT2D eigenvalue weighted by Gasteiger charge is -2.00. The van der Waals surface area contributed by atoms with Crippen molar-refractivity contribution in [2.75, 3.05) is 0 Å². The highest BCUT2D eigenvalue weighted by Crippen LogP contribution is 2.20. The van der Waals surface area contributed by atoms with Crippen LogP contribution < -0.4 is 0 Å². The standard InChI is InChI=1S/C16H14N4S/c1-12-2-4-13(5-3-12)14-6-18-19(8-14)9-15-10-21-16-7-17-11-20(15)16/h2-8,10-11H,9H2,1H3. The van der Waals surface area contributed by atoms with Crippen molar-refractivity contribution >= 4 is 16.2 Å². The van der Waals surface area contributed by atoms with Crippen molar-refractivity contribution < 1.29 is 0 Å². The Bertz CT molecular complexity index is 882. The number of nitrogens with zero attached hydrogens (tertiary/aromatic N) is 4. The van der Waals surface area contributed by atoms with Crippen LogP contribution in [0.15, 0.2) is 54.6 Å². The summed E-state index contributed by atoms with van der Waals surface area (Å²) in [7, 11) is 0. The summed E-state index contributed by atoms with van der Waals surface area (Å²) in [5, 5.41) is 6.63. The number of aryl methyl sites for hydroxylation is 1. The Morgan fingerprint density at radius 3 is 2.81 bits per heavy atom. The number of benzene rings is 1. The minimum absolute atomic E-state index is 0.752. The molecule has 0 unspecified atom stereocenters. The molecular weight excluding hydrogens is 280 g/mol. The number of hydrogen-bond acceptors (Lipinski definition) is 3. The van der Waals surface area contributed by atoms with E-state index in [0.717, 1.165) is 16.9 Å². The zero-order valence-corrected chi connectivity index (χ0v) is 12.4. The topological polar surface area (TPSA) is 35.1 Å². The summed E-state index contributed by atoms with van der Waals surface area (Å²) in [5.74, 6) is 0. The molecule has 0 aliphatic rings. The molecule has 104 valence electrons. The van der Waals surface area contributed by atoms with Crippen LogP contribution in [0.3, 0.4) is 0 Å². The lowest BCUT2D eigenvalue weighted by Crippen LogP contribution is -2.02. The van der Waals surface area contributed by atoms with Gasteiger partial charge in [0.05, 0.1) is 24.6 Å². The highest BCUT2D eigenvalue weighted by Gasteiger charge is 2.06. The maximum absolute atomic E-state index is 4.47. The van der Waals surface area contributed by atoms with E-state index in [4.69, 9.17) is 0 Å². The first-order chi connectivity index (χ1) is 10.3. The van der Waals surface area contributed by atoms with E-state index < -0.39 is 0 Å². The Balaban J connectivity index is 1.62. The van der Waals surface area contributed by atoms with Gasteiger partial charge in [-0.2, -0.15) is 5.10 Å². The average molecular weight is 294 g/mol. The molecule has 4 rings (SSSR count). The molecule has 0 saturated heterocycles. The SMILES string of the molecule is Cc1ccc(-c2cnn(Cc3csc4cncn34)c2)cc1. The van der Waals surface area contributed by atoms with Crippen LogP contribution in [0.5, 0.6) is 0 Å². The summed E-state index contributed by atoms with van der Waals surface area (Å²) >= 11 is 1.70. The largest absolute Gasteiger partial charge is 0.292 e. The molecule has 0 amide bonds. The van der Waals surface area contributed by atoms with Crippen LogP contribution in [0.1, 0.15) is 11.3 Å². The van der Waals surface area contributed by atoms with Crippen molar-refractivity contribution in [3.05, 3.63) is 65.8 Å². The fourth-order valence-corrected chi connectivity index (χ4v) is 3.24. The normalized spacial score (nSPS) is 11.3. The van der Waals surface area contributed by atoms with Gasteiger partial charge in [-0.25, -0.2) is 4.98 Å². The third kappa shape index (κ3) is 2.25. The summed E-state index contributed by atoms with van der Waals surface area (Å²) in [5.41, 5.74) is 4.81. The number of aromatic nitrogens is 4. The second-order valence-electron chi connectivity index (χ2n) is 5.12. The van der Waals surface area contributed by atoms with E-state index in [2.05, 4.69) is 57.2 Å². The molecule has 0 saturated carbocycles. The van der Waals surface area contributed by atoms with Gasteiger partial charge < -0.3 is 0 Å². The quantitative estimate of drug-likeness (QED) is 0.578. The monoisotopic (exact) mass is 294 g/mol. The molecule has 4 nitrogen and oxygen atoms in total. The molecular formula is C16H14N4S. The highest BCUT2D eigenvalue weighted by molar-refractivity contribution is 7.15. The van der Waals surface area contributed by atoms with Gasteiger partial charge >= 0.3 is 0 Å². The Morgan fingerprint density at radius 2 is 1.95 bits per heavy atom. The van der Waals surface area contributed by atoms with Gasteiger partial charge in [0, 0.05) is 17.1 Å². The number of imidazole rings is 1. The van der Waals surface area contributed by atoms with Gasteiger partial charge in [-0.3, -0.25) is 9.08 Å². The number of rotatable bonds is 3. The van der Waals surface area contributed by atoms with Crippen LogP contribution in [0.4, 0.5) is 0 Å². The zero-order valence-electron chi connectivity index (χ0n) is 11.6. The van der Waals surface area contributed by atoms with Crippen LogP contribution >= 0.6 is 11.3 Å². The van der Waals surface area contributed by atoms with Crippen LogP contribution in [0.25, 0.3) is 16.0 Å². The molecule has 0 spiro atoms. The maximum Gasteiger partial charge on any atom is 0.119 e. The minimum Gasteiger partial charge on any atom is -0.292 e. The lowest BCUT2D eigenvalue weighted by molar-refractivity contribution is 0.669. The molecule has 1 aromatic carbocycles. The van der Waals surface area contributed by atoms with Crippen molar-refractivity contribution in [2.45, 2.75) is 13.5 Å². The maximum atomic E-state index is 4.47. The summed E-state index contributed by atoms with van der Waals surface area (Å²) in [6, 6.07) is 8.52. The van der Waals surface area contributed by atoms with Crippen LogP contribution in [-0.2, 0) is 6.54 Å². The van der Waals surface area contributed by atoms with Crippen molar-refractivity contribution in [3.8, 4) is 11.1 Å². The fourth-order valence-electron chi connectivity index (χ4n) is 2.40. The van der Waals surface area contributed by atoms with E-state index in [9.17, 15) is 0 Å². The summed E-state index contributed by atoms with van der Waals surface area (Å²) in [4.78, 5) is 5.33. The zero-order chi connectivity index (χ0) is 14.2. The third-order valence-electron chi connectivity index (χ3n) is 3.57. The first kappa shape index (κ1) is 12.3. The van der Waals surface area contributed by atoms with Gasteiger partial charge in [0.2, 0.25) is 0 Å². The summed E-state index contributed by atoms with van der Waals surface area (Å²) in [6.07, 6.45) is 7.74. The Hall–Kier alpha value is -2.40. The van der Waals surface area contributed by atoms with Crippen LogP contribution in [0.2, 0.25) is 0 Å². The molecule has 21 heavy (non-hydrogen) atoms. The summed E-state index contributed by atoms with van der Waals surface area (Å²) in [6.45, 7) is 2.85. The smallest absolute Gasteiger partial charge is 0.119 e. The van der Waals surface area contributed by atoms with Gasteiger partial charge in [0.1, 0.15) is 11.2 Å². The average Bonchev–Trinajstić information content (AvgIpc) is 3.19. The number of thiazole rings is 1. The van der Waals surface area contributed by atoms with E-state index in [1.807, 2.05) is 23.4 Å². The molecule has 0 aliphatic heterocycles.